The van der Waals surface area contributed by atoms with Gasteiger partial charge >= 0.3 is 0 Å². The molecule has 0 heterocycles. The van der Waals surface area contributed by atoms with E-state index >= 15 is 0 Å². The van der Waals surface area contributed by atoms with Gasteiger partial charge in [-0.2, -0.15) is 4.39 Å². The highest BCUT2D eigenvalue weighted by atomic mass is 79.9. The van der Waals surface area contributed by atoms with E-state index in [4.69, 9.17) is 4.74 Å². The maximum Gasteiger partial charge on any atom is 0.200 e. The fraction of sp³-hybridized carbons (Fsp3) is 0.500. The van der Waals surface area contributed by atoms with Crippen molar-refractivity contribution in [3.05, 3.63) is 28.2 Å². The molecule has 0 spiro atoms. The van der Waals surface area contributed by atoms with E-state index < -0.39 is 11.6 Å². The van der Waals surface area contributed by atoms with Gasteiger partial charge in [0, 0.05) is 17.1 Å². The second-order valence-electron chi connectivity index (χ2n) is 4.31. The molecule has 1 aliphatic rings. The van der Waals surface area contributed by atoms with Crippen LogP contribution in [0, 0.1) is 11.6 Å². The summed E-state index contributed by atoms with van der Waals surface area (Å²) in [5, 5.41) is 3.27. The van der Waals surface area contributed by atoms with E-state index in [-0.39, 0.29) is 11.9 Å². The summed E-state index contributed by atoms with van der Waals surface area (Å²) in [5.74, 6) is -1.90. The molecule has 1 aromatic rings. The molecule has 2 rings (SSSR count). The van der Waals surface area contributed by atoms with Crippen LogP contribution in [-0.2, 0) is 0 Å². The first-order valence-electron chi connectivity index (χ1n) is 5.61. The first kappa shape index (κ1) is 12.8. The zero-order chi connectivity index (χ0) is 12.4. The van der Waals surface area contributed by atoms with Crippen LogP contribution in [0.25, 0.3) is 0 Å². The monoisotopic (exact) mass is 305 g/mol. The van der Waals surface area contributed by atoms with E-state index in [0.717, 1.165) is 6.07 Å². The molecular weight excluding hydrogens is 292 g/mol. The quantitative estimate of drug-likeness (QED) is 0.843. The minimum absolute atomic E-state index is 0.0537. The molecule has 1 atom stereocenters. The maximum atomic E-state index is 13.4. The van der Waals surface area contributed by atoms with Crippen LogP contribution >= 0.6 is 15.9 Å². The minimum Gasteiger partial charge on any atom is -0.486 e. The van der Waals surface area contributed by atoms with Crippen molar-refractivity contribution in [3.8, 4) is 5.75 Å². The van der Waals surface area contributed by atoms with Crippen LogP contribution in [0.2, 0.25) is 0 Å². The van der Waals surface area contributed by atoms with Crippen LogP contribution in [0.3, 0.4) is 0 Å². The molecule has 5 heteroatoms. The lowest BCUT2D eigenvalue weighted by Crippen LogP contribution is -2.30. The van der Waals surface area contributed by atoms with E-state index in [0.29, 0.717) is 17.1 Å². The Morgan fingerprint density at radius 1 is 1.47 bits per heavy atom. The Morgan fingerprint density at radius 2 is 2.18 bits per heavy atom. The second-order valence-corrected chi connectivity index (χ2v) is 5.23. The lowest BCUT2D eigenvalue weighted by molar-refractivity contribution is 0.204. The molecule has 0 amide bonds. The number of nitrogens with one attached hydrogen (secondary N) is 1. The lowest BCUT2D eigenvalue weighted by atomic mass is 10.3. The zero-order valence-corrected chi connectivity index (χ0v) is 11.1. The minimum atomic E-state index is -0.938. The van der Waals surface area contributed by atoms with Crippen LogP contribution in [0.5, 0.6) is 5.75 Å². The van der Waals surface area contributed by atoms with Crippen LogP contribution in [0.4, 0.5) is 8.78 Å². The van der Waals surface area contributed by atoms with Crippen LogP contribution < -0.4 is 10.1 Å². The molecule has 94 valence electrons. The fourth-order valence-electron chi connectivity index (χ4n) is 1.50. The van der Waals surface area contributed by atoms with E-state index in [2.05, 4.69) is 21.2 Å². The summed E-state index contributed by atoms with van der Waals surface area (Å²) in [6.07, 6.45) is 2.18. The Morgan fingerprint density at radius 3 is 2.82 bits per heavy atom. The Kier molecular flexibility index (Phi) is 3.99. The number of ether oxygens (including phenoxy) is 1. The molecule has 1 aromatic carbocycles. The molecule has 1 aliphatic carbocycles. The Balaban J connectivity index is 1.96. The first-order valence-corrected chi connectivity index (χ1v) is 6.40. The Hall–Kier alpha value is -0.680. The summed E-state index contributed by atoms with van der Waals surface area (Å²) in [6.45, 7) is 2.46. The number of hydrogen-bond donors (Lipinski definition) is 1. The van der Waals surface area contributed by atoms with Crippen molar-refractivity contribution in [1.29, 1.82) is 0 Å². The molecule has 0 aliphatic heterocycles. The van der Waals surface area contributed by atoms with Crippen molar-refractivity contribution in [3.63, 3.8) is 0 Å². The van der Waals surface area contributed by atoms with Crippen molar-refractivity contribution in [2.45, 2.75) is 31.9 Å². The molecular formula is C12H14BrF2NO. The number of rotatable bonds is 5. The Labute approximate surface area is 107 Å². The largest absolute Gasteiger partial charge is 0.486 e. The number of halogens is 3. The zero-order valence-electron chi connectivity index (χ0n) is 9.47. The Bertz CT molecular complexity index is 410. The second kappa shape index (κ2) is 5.31. The van der Waals surface area contributed by atoms with Crippen molar-refractivity contribution in [1.82, 2.24) is 5.32 Å². The van der Waals surface area contributed by atoms with Gasteiger partial charge in [-0.3, -0.25) is 0 Å². The number of hydrogen-bond acceptors (Lipinski definition) is 2. The smallest absolute Gasteiger partial charge is 0.200 e. The average Bonchev–Trinajstić information content (AvgIpc) is 3.06. The van der Waals surface area contributed by atoms with Crippen LogP contribution in [-0.4, -0.2) is 18.7 Å². The molecule has 1 saturated carbocycles. The van der Waals surface area contributed by atoms with Gasteiger partial charge < -0.3 is 10.1 Å². The van der Waals surface area contributed by atoms with Crippen LogP contribution in [0.15, 0.2) is 16.6 Å². The molecule has 1 unspecified atom stereocenters. The van der Waals surface area contributed by atoms with Crippen molar-refractivity contribution >= 4 is 15.9 Å². The number of benzene rings is 1. The van der Waals surface area contributed by atoms with Gasteiger partial charge in [0.05, 0.1) is 0 Å². The van der Waals surface area contributed by atoms with Gasteiger partial charge in [0.1, 0.15) is 6.10 Å². The molecule has 1 fully saturated rings. The summed E-state index contributed by atoms with van der Waals surface area (Å²) in [5.41, 5.74) is 0. The molecule has 2 nitrogen and oxygen atoms in total. The van der Waals surface area contributed by atoms with Crippen LogP contribution in [0.1, 0.15) is 19.8 Å². The third-order valence-corrected chi connectivity index (χ3v) is 3.02. The van der Waals surface area contributed by atoms with Crippen molar-refractivity contribution in [2.24, 2.45) is 0 Å². The molecule has 0 saturated heterocycles. The van der Waals surface area contributed by atoms with Gasteiger partial charge in [-0.1, -0.05) is 15.9 Å². The summed E-state index contributed by atoms with van der Waals surface area (Å²) in [7, 11) is 0. The van der Waals surface area contributed by atoms with Crippen molar-refractivity contribution in [2.75, 3.05) is 6.54 Å². The van der Waals surface area contributed by atoms with Gasteiger partial charge in [-0.05, 0) is 31.9 Å². The highest BCUT2D eigenvalue weighted by molar-refractivity contribution is 9.10. The first-order chi connectivity index (χ1) is 8.06. The standard InChI is InChI=1S/C12H14BrF2NO/c1-7(6-16-9-2-3-9)17-11-5-8(13)4-10(14)12(11)15/h4-5,7,9,16H,2-3,6H2,1H3. The van der Waals surface area contributed by atoms with Gasteiger partial charge in [0.25, 0.3) is 0 Å². The van der Waals surface area contributed by atoms with Gasteiger partial charge in [0.15, 0.2) is 11.6 Å². The van der Waals surface area contributed by atoms with Gasteiger partial charge in [0.2, 0.25) is 5.82 Å². The third kappa shape index (κ3) is 3.64. The lowest BCUT2D eigenvalue weighted by Gasteiger charge is -2.16. The molecule has 0 bridgehead atoms. The predicted molar refractivity (Wildman–Crippen MR) is 65.2 cm³/mol. The topological polar surface area (TPSA) is 21.3 Å². The molecule has 0 aromatic heterocycles. The van der Waals surface area contributed by atoms with E-state index in [1.807, 2.05) is 6.92 Å². The summed E-state index contributed by atoms with van der Waals surface area (Å²) in [6, 6.07) is 3.09. The molecule has 17 heavy (non-hydrogen) atoms. The predicted octanol–water partition coefficient (Wildman–Crippen LogP) is 3.25. The highest BCUT2D eigenvalue weighted by Gasteiger charge is 2.21. The normalized spacial score (nSPS) is 16.9. The third-order valence-electron chi connectivity index (χ3n) is 2.56. The van der Waals surface area contributed by atoms with Gasteiger partial charge in [-0.25, -0.2) is 4.39 Å². The average molecular weight is 306 g/mol. The van der Waals surface area contributed by atoms with Crippen molar-refractivity contribution < 1.29 is 13.5 Å². The van der Waals surface area contributed by atoms with E-state index in [9.17, 15) is 8.78 Å². The molecule has 1 N–H and O–H groups in total. The summed E-state index contributed by atoms with van der Waals surface area (Å²) >= 11 is 3.11. The SMILES string of the molecule is CC(CNC1CC1)Oc1cc(Br)cc(F)c1F. The summed E-state index contributed by atoms with van der Waals surface area (Å²) in [4.78, 5) is 0. The maximum absolute atomic E-state index is 13.4. The van der Waals surface area contributed by atoms with Gasteiger partial charge in [-0.15, -0.1) is 0 Å². The molecule has 0 radical (unpaired) electrons. The van der Waals surface area contributed by atoms with E-state index in [1.165, 1.54) is 18.9 Å². The highest BCUT2D eigenvalue weighted by Crippen LogP contribution is 2.26. The summed E-state index contributed by atoms with van der Waals surface area (Å²) < 4.78 is 32.4. The fourth-order valence-corrected chi connectivity index (χ4v) is 1.91. The van der Waals surface area contributed by atoms with E-state index in [1.54, 1.807) is 0 Å².